The Morgan fingerprint density at radius 2 is 1.77 bits per heavy atom. The van der Waals surface area contributed by atoms with E-state index in [2.05, 4.69) is 10.6 Å². The topological polar surface area (TPSA) is 90.9 Å². The van der Waals surface area contributed by atoms with Crippen LogP contribution in [0, 0.1) is 0 Å². The number of fused-ring (bicyclic) bond motifs is 1. The molecule has 7 nitrogen and oxygen atoms in total. The molecule has 0 saturated heterocycles. The smallest absolute Gasteiger partial charge is 0.329 e. The highest BCUT2D eigenvalue weighted by atomic mass is 35.5. The number of carbonyl (C=O) groups is 2. The molecule has 0 unspecified atom stereocenters. The van der Waals surface area contributed by atoms with E-state index in [0.29, 0.717) is 22.1 Å². The maximum atomic E-state index is 13.3. The molecule has 1 heterocycles. The van der Waals surface area contributed by atoms with E-state index in [-0.39, 0.29) is 12.1 Å². The molecular formula is C23H20ClN3O4. The second kappa shape index (κ2) is 8.29. The quantitative estimate of drug-likeness (QED) is 0.565. The second-order valence-corrected chi connectivity index (χ2v) is 7.43. The fourth-order valence-electron chi connectivity index (χ4n) is 3.50. The zero-order valence-electron chi connectivity index (χ0n) is 16.6. The van der Waals surface area contributed by atoms with E-state index in [1.165, 1.54) is 0 Å². The number of aliphatic hydroxyl groups is 1. The molecule has 31 heavy (non-hydrogen) atoms. The minimum atomic E-state index is -2.26. The summed E-state index contributed by atoms with van der Waals surface area (Å²) in [5.41, 5.74) is -0.515. The summed E-state index contributed by atoms with van der Waals surface area (Å²) in [7, 11) is 1.57. The first-order valence-electron chi connectivity index (χ1n) is 9.53. The van der Waals surface area contributed by atoms with Gasteiger partial charge in [-0.15, -0.1) is 0 Å². The lowest BCUT2D eigenvalue weighted by Gasteiger charge is -2.42. The monoisotopic (exact) mass is 437 g/mol. The molecule has 3 aromatic rings. The molecule has 8 heteroatoms. The van der Waals surface area contributed by atoms with Crippen LogP contribution in [-0.4, -0.2) is 24.2 Å². The van der Waals surface area contributed by atoms with Gasteiger partial charge < -0.3 is 20.5 Å². The van der Waals surface area contributed by atoms with Gasteiger partial charge in [0.2, 0.25) is 0 Å². The van der Waals surface area contributed by atoms with E-state index in [4.69, 9.17) is 16.3 Å². The Morgan fingerprint density at radius 1 is 1.10 bits per heavy atom. The first kappa shape index (κ1) is 20.7. The summed E-state index contributed by atoms with van der Waals surface area (Å²) in [6, 6.07) is 19.5. The maximum Gasteiger partial charge on any atom is 0.329 e. The highest BCUT2D eigenvalue weighted by Gasteiger charge is 2.51. The number of carbonyl (C=O) groups excluding carboxylic acids is 2. The van der Waals surface area contributed by atoms with Crippen molar-refractivity contribution in [3.8, 4) is 5.75 Å². The normalized spacial score (nSPS) is 17.5. The third kappa shape index (κ3) is 3.81. The molecule has 0 radical (unpaired) electrons. The van der Waals surface area contributed by atoms with Gasteiger partial charge in [-0.05, 0) is 48.0 Å². The van der Waals surface area contributed by atoms with E-state index in [1.807, 2.05) is 12.1 Å². The van der Waals surface area contributed by atoms with Gasteiger partial charge in [0.15, 0.2) is 0 Å². The Morgan fingerprint density at radius 3 is 2.45 bits per heavy atom. The largest absolute Gasteiger partial charge is 0.497 e. The summed E-state index contributed by atoms with van der Waals surface area (Å²) in [4.78, 5) is 27.3. The average molecular weight is 438 g/mol. The van der Waals surface area contributed by atoms with Crippen molar-refractivity contribution in [3.63, 3.8) is 0 Å². The lowest BCUT2D eigenvalue weighted by molar-refractivity contribution is -0.140. The summed E-state index contributed by atoms with van der Waals surface area (Å²) in [5, 5.41) is 17.6. The first-order valence-corrected chi connectivity index (χ1v) is 9.91. The number of urea groups is 1. The van der Waals surface area contributed by atoms with Crippen LogP contribution in [0.4, 0.5) is 16.2 Å². The Kier molecular flexibility index (Phi) is 5.54. The number of methoxy groups -OCH3 is 1. The molecule has 158 valence electrons. The molecule has 0 aromatic heterocycles. The van der Waals surface area contributed by atoms with Crippen LogP contribution in [-0.2, 0) is 17.1 Å². The molecular weight excluding hydrogens is 418 g/mol. The zero-order chi connectivity index (χ0) is 22.0. The van der Waals surface area contributed by atoms with Gasteiger partial charge in [0.05, 0.1) is 12.8 Å². The number of rotatable bonds is 5. The zero-order valence-corrected chi connectivity index (χ0v) is 17.4. The van der Waals surface area contributed by atoms with Crippen molar-refractivity contribution in [1.82, 2.24) is 5.32 Å². The van der Waals surface area contributed by atoms with Crippen LogP contribution in [0.15, 0.2) is 72.8 Å². The van der Waals surface area contributed by atoms with Gasteiger partial charge in [0.25, 0.3) is 11.6 Å². The highest BCUT2D eigenvalue weighted by Crippen LogP contribution is 2.40. The molecule has 4 rings (SSSR count). The Hall–Kier alpha value is -3.55. The number of amides is 3. The summed E-state index contributed by atoms with van der Waals surface area (Å²) in [5.74, 6) is -0.0407. The molecule has 1 aliphatic heterocycles. The van der Waals surface area contributed by atoms with Crippen molar-refractivity contribution >= 4 is 34.9 Å². The molecule has 0 saturated carbocycles. The van der Waals surface area contributed by atoms with Gasteiger partial charge in [-0.1, -0.05) is 41.9 Å². The third-order valence-corrected chi connectivity index (χ3v) is 5.34. The average Bonchev–Trinajstić information content (AvgIpc) is 2.79. The Balaban J connectivity index is 1.70. The van der Waals surface area contributed by atoms with Crippen molar-refractivity contribution < 1.29 is 19.4 Å². The van der Waals surface area contributed by atoms with Crippen LogP contribution < -0.4 is 20.3 Å². The van der Waals surface area contributed by atoms with E-state index in [0.717, 1.165) is 10.5 Å². The molecule has 3 aromatic carbocycles. The molecule has 0 fully saturated rings. The summed E-state index contributed by atoms with van der Waals surface area (Å²) >= 11 is 5.97. The molecule has 3 N–H and O–H groups in total. The lowest BCUT2D eigenvalue weighted by Crippen LogP contribution is -2.62. The highest BCUT2D eigenvalue weighted by molar-refractivity contribution is 6.30. The SMILES string of the molecule is COc1ccc(CNC(=O)[C@]2(O)c3ccccc3NC(=O)N2c2ccc(Cl)cc2)cc1. The number of hydrogen-bond acceptors (Lipinski definition) is 4. The minimum Gasteiger partial charge on any atom is -0.497 e. The summed E-state index contributed by atoms with van der Waals surface area (Å²) < 4.78 is 5.14. The van der Waals surface area contributed by atoms with Gasteiger partial charge in [0.1, 0.15) is 5.75 Å². The van der Waals surface area contributed by atoms with E-state index < -0.39 is 17.7 Å². The van der Waals surface area contributed by atoms with Crippen LogP contribution in [0.1, 0.15) is 11.1 Å². The van der Waals surface area contributed by atoms with Crippen molar-refractivity contribution in [2.75, 3.05) is 17.3 Å². The number of nitrogens with one attached hydrogen (secondary N) is 2. The number of nitrogens with zero attached hydrogens (tertiary/aromatic N) is 1. The van der Waals surface area contributed by atoms with Gasteiger partial charge in [-0.2, -0.15) is 0 Å². The number of halogens is 1. The third-order valence-electron chi connectivity index (χ3n) is 5.08. The van der Waals surface area contributed by atoms with Gasteiger partial charge in [0, 0.05) is 22.8 Å². The fraction of sp³-hybridized carbons (Fsp3) is 0.130. The number of anilines is 2. The van der Waals surface area contributed by atoms with Crippen molar-refractivity contribution in [1.29, 1.82) is 0 Å². The van der Waals surface area contributed by atoms with Crippen molar-refractivity contribution in [3.05, 3.63) is 88.9 Å². The Labute approximate surface area is 184 Å². The number of hydrogen-bond donors (Lipinski definition) is 3. The first-order chi connectivity index (χ1) is 14.9. The van der Waals surface area contributed by atoms with Crippen LogP contribution in [0.3, 0.4) is 0 Å². The molecule has 1 aliphatic rings. The number of para-hydroxylation sites is 1. The fourth-order valence-corrected chi connectivity index (χ4v) is 3.63. The van der Waals surface area contributed by atoms with Crippen molar-refractivity contribution in [2.45, 2.75) is 12.3 Å². The minimum absolute atomic E-state index is 0.156. The van der Waals surface area contributed by atoms with Crippen LogP contribution in [0.5, 0.6) is 5.75 Å². The van der Waals surface area contributed by atoms with Crippen molar-refractivity contribution in [2.24, 2.45) is 0 Å². The predicted octanol–water partition coefficient (Wildman–Crippen LogP) is 3.86. The maximum absolute atomic E-state index is 13.3. The van der Waals surface area contributed by atoms with E-state index in [1.54, 1.807) is 67.8 Å². The molecule has 0 bridgehead atoms. The summed E-state index contributed by atoms with van der Waals surface area (Å²) in [6.07, 6.45) is 0. The van der Waals surface area contributed by atoms with Crippen LogP contribution >= 0.6 is 11.6 Å². The number of ether oxygens (including phenoxy) is 1. The van der Waals surface area contributed by atoms with Gasteiger partial charge in [-0.3, -0.25) is 9.69 Å². The molecule has 0 spiro atoms. The van der Waals surface area contributed by atoms with Crippen LogP contribution in [0.25, 0.3) is 0 Å². The predicted molar refractivity (Wildman–Crippen MR) is 118 cm³/mol. The van der Waals surface area contributed by atoms with E-state index in [9.17, 15) is 14.7 Å². The van der Waals surface area contributed by atoms with Crippen LogP contribution in [0.2, 0.25) is 5.02 Å². The number of benzene rings is 3. The molecule has 1 atom stereocenters. The van der Waals surface area contributed by atoms with Gasteiger partial charge in [-0.25, -0.2) is 4.79 Å². The lowest BCUT2D eigenvalue weighted by atomic mass is 9.94. The standard InChI is InChI=1S/C23H20ClN3O4/c1-31-18-12-6-15(7-13-18)14-25-21(28)23(30)19-4-2-3-5-20(19)26-22(29)27(23)17-10-8-16(24)9-11-17/h2-13,30H,14H2,1H3,(H,25,28)(H,26,29)/t23-/m1/s1. The van der Waals surface area contributed by atoms with E-state index >= 15 is 0 Å². The van der Waals surface area contributed by atoms with Gasteiger partial charge >= 0.3 is 6.03 Å². The molecule has 3 amide bonds. The summed E-state index contributed by atoms with van der Waals surface area (Å²) in [6.45, 7) is 0.156. The molecule has 0 aliphatic carbocycles. The Bertz CT molecular complexity index is 1120. The second-order valence-electron chi connectivity index (χ2n) is 6.99.